The molecule has 8 heteroatoms. The first-order chi connectivity index (χ1) is 7.10. The fourth-order valence-electron chi connectivity index (χ4n) is 0.863. The van der Waals surface area contributed by atoms with Crippen LogP contribution in [-0.4, -0.2) is 51.3 Å². The summed E-state index contributed by atoms with van der Waals surface area (Å²) >= 11 is 0. The summed E-state index contributed by atoms with van der Waals surface area (Å²) in [4.78, 5) is 28.4. The van der Waals surface area contributed by atoms with Crippen molar-refractivity contribution in [2.24, 2.45) is 5.41 Å². The number of hydrogen-bond acceptors (Lipinski definition) is 4. The van der Waals surface area contributed by atoms with Crippen molar-refractivity contribution in [1.82, 2.24) is 5.32 Å². The fourth-order valence-corrected chi connectivity index (χ4v) is 1.27. The molecule has 0 aromatic rings. The maximum absolute atomic E-state index is 11.3. The van der Waals surface area contributed by atoms with E-state index in [4.69, 9.17) is 14.9 Å². The zero-order valence-corrected chi connectivity index (χ0v) is 10.1. The van der Waals surface area contributed by atoms with Crippen molar-refractivity contribution < 1.29 is 29.4 Å². The van der Waals surface area contributed by atoms with Crippen molar-refractivity contribution in [2.45, 2.75) is 20.0 Å². The van der Waals surface area contributed by atoms with Gasteiger partial charge in [0.25, 0.3) is 0 Å². The van der Waals surface area contributed by atoms with Gasteiger partial charge in [0.2, 0.25) is 5.91 Å². The molecule has 1 atom stereocenters. The summed E-state index contributed by atoms with van der Waals surface area (Å²) in [6.45, 7) is 2.40. The van der Waals surface area contributed by atoms with Crippen LogP contribution in [0.15, 0.2) is 0 Å². The molecular weight excluding hydrogens is 237 g/mol. The number of hydrogen-bond donors (Lipinski definition) is 5. The third-order valence-corrected chi connectivity index (χ3v) is 2.90. The molecule has 0 rings (SSSR count). The van der Waals surface area contributed by atoms with Crippen LogP contribution in [0.3, 0.4) is 0 Å². The minimum atomic E-state index is -4.15. The van der Waals surface area contributed by atoms with E-state index in [9.17, 15) is 14.5 Å². The highest BCUT2D eigenvalue weighted by atomic mass is 31.2. The summed E-state index contributed by atoms with van der Waals surface area (Å²) in [5.41, 5.74) is -0.994. The lowest BCUT2D eigenvalue weighted by Gasteiger charge is -2.27. The number of carbonyl (C=O) groups is 1. The molecule has 0 saturated heterocycles. The summed E-state index contributed by atoms with van der Waals surface area (Å²) in [6.07, 6.45) is -1.90. The Morgan fingerprint density at radius 1 is 1.44 bits per heavy atom. The van der Waals surface area contributed by atoms with Gasteiger partial charge in [0.05, 0.1) is 12.8 Å². The molecule has 0 aliphatic heterocycles. The average Bonchev–Trinajstić information content (AvgIpc) is 2.14. The Hall–Kier alpha value is -0.460. The van der Waals surface area contributed by atoms with E-state index in [-0.39, 0.29) is 13.2 Å². The first kappa shape index (κ1) is 15.5. The van der Waals surface area contributed by atoms with Crippen LogP contribution < -0.4 is 5.32 Å². The number of aliphatic hydroxyl groups excluding tert-OH is 2. The van der Waals surface area contributed by atoms with E-state index in [0.717, 1.165) is 0 Å². The number of rotatable bonds is 6. The predicted octanol–water partition coefficient (Wildman–Crippen LogP) is -1.34. The Morgan fingerprint density at radius 2 is 1.94 bits per heavy atom. The Bertz CT molecular complexity index is 286. The van der Waals surface area contributed by atoms with Crippen LogP contribution in [-0.2, 0) is 9.36 Å². The molecule has 1 amide bonds. The zero-order chi connectivity index (χ0) is 13.0. The second-order valence-corrected chi connectivity index (χ2v) is 6.01. The first-order valence-electron chi connectivity index (χ1n) is 4.71. The van der Waals surface area contributed by atoms with Crippen LogP contribution in [0.25, 0.3) is 0 Å². The molecule has 5 N–H and O–H groups in total. The van der Waals surface area contributed by atoms with Crippen molar-refractivity contribution in [1.29, 1.82) is 0 Å². The van der Waals surface area contributed by atoms with E-state index in [1.54, 1.807) is 0 Å². The lowest BCUT2D eigenvalue weighted by molar-refractivity contribution is -0.136. The summed E-state index contributed by atoms with van der Waals surface area (Å²) in [7, 11) is -4.15. The largest absolute Gasteiger partial charge is 0.396 e. The van der Waals surface area contributed by atoms with E-state index < -0.39 is 31.2 Å². The second-order valence-electron chi connectivity index (χ2n) is 4.23. The topological polar surface area (TPSA) is 127 Å². The molecule has 96 valence electrons. The smallest absolute Gasteiger partial charge is 0.327 e. The van der Waals surface area contributed by atoms with E-state index >= 15 is 0 Å². The first-order valence-corrected chi connectivity index (χ1v) is 6.51. The molecule has 0 radical (unpaired) electrons. The van der Waals surface area contributed by atoms with Crippen molar-refractivity contribution in [3.05, 3.63) is 0 Å². The molecule has 7 nitrogen and oxygen atoms in total. The minimum absolute atomic E-state index is 0.221. The molecule has 16 heavy (non-hydrogen) atoms. The number of carbonyl (C=O) groups excluding carboxylic acids is 1. The Balaban J connectivity index is 4.13. The summed E-state index contributed by atoms with van der Waals surface area (Å²) < 4.78 is 10.5. The minimum Gasteiger partial charge on any atom is -0.396 e. The van der Waals surface area contributed by atoms with Gasteiger partial charge in [-0.05, 0) is 0 Å². The lowest BCUT2D eigenvalue weighted by Crippen LogP contribution is -2.46. The molecule has 0 aliphatic rings. The van der Waals surface area contributed by atoms with Gasteiger partial charge in [0.15, 0.2) is 0 Å². The molecule has 0 spiro atoms. The highest BCUT2D eigenvalue weighted by Crippen LogP contribution is 2.32. The third kappa shape index (κ3) is 5.58. The van der Waals surface area contributed by atoms with Crippen LogP contribution in [0.1, 0.15) is 13.8 Å². The van der Waals surface area contributed by atoms with Crippen molar-refractivity contribution in [3.8, 4) is 0 Å². The molecule has 1 unspecified atom stereocenters. The van der Waals surface area contributed by atoms with Crippen molar-refractivity contribution >= 4 is 13.5 Å². The maximum atomic E-state index is 11.3. The van der Waals surface area contributed by atoms with Gasteiger partial charge in [-0.25, -0.2) is 0 Å². The van der Waals surface area contributed by atoms with E-state index in [1.165, 1.54) is 13.8 Å². The average molecular weight is 255 g/mol. The monoisotopic (exact) mass is 255 g/mol. The van der Waals surface area contributed by atoms with Gasteiger partial charge in [-0.15, -0.1) is 0 Å². The molecule has 0 heterocycles. The summed E-state index contributed by atoms with van der Waals surface area (Å²) in [6, 6.07) is 0. The van der Waals surface area contributed by atoms with Crippen LogP contribution in [0.2, 0.25) is 0 Å². The van der Waals surface area contributed by atoms with Gasteiger partial charge in [-0.1, -0.05) is 13.8 Å². The standard InChI is InChI=1S/C8H18NO6P/c1-8(2,5-10)6(11)7(12)9-3-4-16(13,14)15/h6,10-11H,3-5H2,1-2H3,(H,9,12)(H2,13,14,15). The van der Waals surface area contributed by atoms with Gasteiger partial charge in [0.1, 0.15) is 6.10 Å². The Morgan fingerprint density at radius 3 is 2.31 bits per heavy atom. The van der Waals surface area contributed by atoms with E-state index in [2.05, 4.69) is 5.32 Å². The summed E-state index contributed by atoms with van der Waals surface area (Å²) in [5, 5.41) is 20.6. The number of aliphatic hydroxyl groups is 2. The molecule has 0 aliphatic carbocycles. The van der Waals surface area contributed by atoms with E-state index in [0.29, 0.717) is 0 Å². The highest BCUT2D eigenvalue weighted by Gasteiger charge is 2.32. The van der Waals surface area contributed by atoms with Crippen LogP contribution in [0.4, 0.5) is 0 Å². The number of amides is 1. The highest BCUT2D eigenvalue weighted by molar-refractivity contribution is 7.51. The molecule has 0 aromatic heterocycles. The quantitative estimate of drug-likeness (QED) is 0.374. The lowest BCUT2D eigenvalue weighted by atomic mass is 9.87. The predicted molar refractivity (Wildman–Crippen MR) is 56.8 cm³/mol. The van der Waals surface area contributed by atoms with Crippen LogP contribution >= 0.6 is 7.60 Å². The van der Waals surface area contributed by atoms with Gasteiger partial charge in [-0.2, -0.15) is 0 Å². The van der Waals surface area contributed by atoms with Crippen molar-refractivity contribution in [2.75, 3.05) is 19.3 Å². The van der Waals surface area contributed by atoms with Gasteiger partial charge in [0, 0.05) is 12.0 Å². The Kier molecular flexibility index (Phi) is 5.58. The van der Waals surface area contributed by atoms with Crippen LogP contribution in [0, 0.1) is 5.41 Å². The normalized spacial score (nSPS) is 14.6. The second kappa shape index (κ2) is 5.75. The van der Waals surface area contributed by atoms with Gasteiger partial charge in [-0.3, -0.25) is 9.36 Å². The van der Waals surface area contributed by atoms with Crippen LogP contribution in [0.5, 0.6) is 0 Å². The fraction of sp³-hybridized carbons (Fsp3) is 0.875. The SMILES string of the molecule is CC(C)(CO)C(O)C(=O)NCCP(=O)(O)O. The molecular formula is C8H18NO6P. The number of nitrogens with one attached hydrogen (secondary N) is 1. The molecule has 0 aromatic carbocycles. The molecule has 0 bridgehead atoms. The molecule has 0 saturated carbocycles. The molecule has 0 fully saturated rings. The zero-order valence-electron chi connectivity index (χ0n) is 9.25. The third-order valence-electron chi connectivity index (χ3n) is 2.10. The van der Waals surface area contributed by atoms with Gasteiger partial charge >= 0.3 is 7.60 Å². The summed E-state index contributed by atoms with van der Waals surface area (Å²) in [5.74, 6) is -0.757. The maximum Gasteiger partial charge on any atom is 0.327 e. The van der Waals surface area contributed by atoms with Crippen molar-refractivity contribution in [3.63, 3.8) is 0 Å². The van der Waals surface area contributed by atoms with Gasteiger partial charge < -0.3 is 25.3 Å². The van der Waals surface area contributed by atoms with E-state index in [1.807, 2.05) is 0 Å². The Labute approximate surface area is 93.6 Å².